The molecule has 1 unspecified atom stereocenters. The van der Waals surface area contributed by atoms with Crippen molar-refractivity contribution < 1.29 is 5.11 Å². The Morgan fingerprint density at radius 1 is 1.47 bits per heavy atom. The molecule has 0 amide bonds. The van der Waals surface area contributed by atoms with E-state index in [2.05, 4.69) is 18.3 Å². The van der Waals surface area contributed by atoms with Gasteiger partial charge >= 0.3 is 0 Å². The van der Waals surface area contributed by atoms with Crippen LogP contribution in [0.4, 0.5) is 0 Å². The molecule has 1 aromatic rings. The highest BCUT2D eigenvalue weighted by molar-refractivity contribution is 5.38. The largest absolute Gasteiger partial charge is 0.508 e. The molecule has 2 N–H and O–H groups in total. The fourth-order valence-electron chi connectivity index (χ4n) is 2.33. The molecule has 82 valence electrons. The SMILES string of the molecule is CCCNC1CCCc2cc(O)ccc21. The minimum absolute atomic E-state index is 0.393. The van der Waals surface area contributed by atoms with Crippen LogP contribution in [-0.2, 0) is 6.42 Å². The van der Waals surface area contributed by atoms with Gasteiger partial charge in [0, 0.05) is 6.04 Å². The Balaban J connectivity index is 2.18. The average Bonchev–Trinajstić information content (AvgIpc) is 2.25. The zero-order valence-corrected chi connectivity index (χ0v) is 9.29. The summed E-state index contributed by atoms with van der Waals surface area (Å²) in [6, 6.07) is 6.27. The summed E-state index contributed by atoms with van der Waals surface area (Å²) in [5.41, 5.74) is 2.70. The molecule has 1 aliphatic carbocycles. The van der Waals surface area contributed by atoms with Crippen LogP contribution >= 0.6 is 0 Å². The number of phenols is 1. The van der Waals surface area contributed by atoms with Crippen molar-refractivity contribution in [2.45, 2.75) is 38.6 Å². The molecule has 0 bridgehead atoms. The lowest BCUT2D eigenvalue weighted by Crippen LogP contribution is -2.25. The van der Waals surface area contributed by atoms with Gasteiger partial charge in [-0.1, -0.05) is 13.0 Å². The van der Waals surface area contributed by atoms with Crippen LogP contribution in [0.15, 0.2) is 18.2 Å². The fraction of sp³-hybridized carbons (Fsp3) is 0.538. The first-order chi connectivity index (χ1) is 7.31. The Bertz CT molecular complexity index is 335. The van der Waals surface area contributed by atoms with Gasteiger partial charge in [-0.25, -0.2) is 0 Å². The Morgan fingerprint density at radius 2 is 2.33 bits per heavy atom. The van der Waals surface area contributed by atoms with E-state index in [-0.39, 0.29) is 0 Å². The lowest BCUT2D eigenvalue weighted by Gasteiger charge is -2.26. The van der Waals surface area contributed by atoms with E-state index in [0.29, 0.717) is 11.8 Å². The van der Waals surface area contributed by atoms with E-state index < -0.39 is 0 Å². The van der Waals surface area contributed by atoms with Gasteiger partial charge in [-0.3, -0.25) is 0 Å². The fourth-order valence-corrected chi connectivity index (χ4v) is 2.33. The quantitative estimate of drug-likeness (QED) is 0.795. The molecule has 1 aliphatic rings. The lowest BCUT2D eigenvalue weighted by atomic mass is 9.87. The van der Waals surface area contributed by atoms with Crippen molar-refractivity contribution in [3.63, 3.8) is 0 Å². The normalized spacial score (nSPS) is 19.9. The molecule has 1 atom stereocenters. The van der Waals surface area contributed by atoms with Crippen LogP contribution < -0.4 is 5.32 Å². The molecule has 1 aromatic carbocycles. The van der Waals surface area contributed by atoms with Gasteiger partial charge in [0.25, 0.3) is 0 Å². The molecule has 0 saturated carbocycles. The number of hydrogen-bond donors (Lipinski definition) is 2. The average molecular weight is 205 g/mol. The van der Waals surface area contributed by atoms with Gasteiger partial charge < -0.3 is 10.4 Å². The van der Waals surface area contributed by atoms with Crippen LogP contribution in [0.25, 0.3) is 0 Å². The molecule has 0 fully saturated rings. The third-order valence-electron chi connectivity index (χ3n) is 3.08. The molecule has 0 heterocycles. The van der Waals surface area contributed by atoms with E-state index in [1.165, 1.54) is 30.4 Å². The minimum atomic E-state index is 0.393. The summed E-state index contributed by atoms with van der Waals surface area (Å²) >= 11 is 0. The van der Waals surface area contributed by atoms with Crippen molar-refractivity contribution in [1.82, 2.24) is 5.32 Å². The van der Waals surface area contributed by atoms with Crippen molar-refractivity contribution in [3.8, 4) is 5.75 Å². The van der Waals surface area contributed by atoms with Crippen molar-refractivity contribution in [1.29, 1.82) is 0 Å². The molecule has 2 nitrogen and oxygen atoms in total. The molecule has 15 heavy (non-hydrogen) atoms. The van der Waals surface area contributed by atoms with Crippen LogP contribution in [-0.4, -0.2) is 11.7 Å². The number of hydrogen-bond acceptors (Lipinski definition) is 2. The predicted molar refractivity (Wildman–Crippen MR) is 62.1 cm³/mol. The topological polar surface area (TPSA) is 32.3 Å². The smallest absolute Gasteiger partial charge is 0.115 e. The zero-order chi connectivity index (χ0) is 10.7. The molecule has 0 spiro atoms. The molecule has 0 radical (unpaired) electrons. The van der Waals surface area contributed by atoms with Crippen LogP contribution in [0, 0.1) is 0 Å². The zero-order valence-electron chi connectivity index (χ0n) is 9.29. The second-order valence-electron chi connectivity index (χ2n) is 4.28. The monoisotopic (exact) mass is 205 g/mol. The third kappa shape index (κ3) is 2.32. The van der Waals surface area contributed by atoms with Gasteiger partial charge in [0.05, 0.1) is 0 Å². The summed E-state index contributed by atoms with van der Waals surface area (Å²) in [4.78, 5) is 0. The highest BCUT2D eigenvalue weighted by Gasteiger charge is 2.19. The first-order valence-electron chi connectivity index (χ1n) is 5.86. The van der Waals surface area contributed by atoms with Gasteiger partial charge in [0.2, 0.25) is 0 Å². The highest BCUT2D eigenvalue weighted by Crippen LogP contribution is 2.31. The second-order valence-corrected chi connectivity index (χ2v) is 4.28. The maximum Gasteiger partial charge on any atom is 0.115 e. The number of fused-ring (bicyclic) bond motifs is 1. The summed E-state index contributed by atoms with van der Waals surface area (Å²) < 4.78 is 0. The van der Waals surface area contributed by atoms with Crippen LogP contribution in [0.1, 0.15) is 43.4 Å². The summed E-state index contributed by atoms with van der Waals surface area (Å²) in [7, 11) is 0. The van der Waals surface area contributed by atoms with Crippen LogP contribution in [0.3, 0.4) is 0 Å². The molecule has 0 saturated heterocycles. The van der Waals surface area contributed by atoms with E-state index in [4.69, 9.17) is 0 Å². The Labute approximate surface area is 91.3 Å². The second kappa shape index (κ2) is 4.67. The number of aryl methyl sites for hydroxylation is 1. The Morgan fingerprint density at radius 3 is 3.13 bits per heavy atom. The molecule has 0 aliphatic heterocycles. The number of benzene rings is 1. The molecule has 0 aromatic heterocycles. The number of aromatic hydroxyl groups is 1. The third-order valence-corrected chi connectivity index (χ3v) is 3.08. The molecule has 2 rings (SSSR count). The van der Waals surface area contributed by atoms with E-state index in [1.54, 1.807) is 6.07 Å². The van der Waals surface area contributed by atoms with Crippen molar-refractivity contribution in [2.24, 2.45) is 0 Å². The van der Waals surface area contributed by atoms with E-state index in [1.807, 2.05) is 6.07 Å². The van der Waals surface area contributed by atoms with Crippen molar-refractivity contribution in [2.75, 3.05) is 6.54 Å². The lowest BCUT2D eigenvalue weighted by molar-refractivity contribution is 0.450. The predicted octanol–water partition coefficient (Wildman–Crippen LogP) is 2.77. The molecular formula is C13H19NO. The molecular weight excluding hydrogens is 186 g/mol. The van der Waals surface area contributed by atoms with E-state index >= 15 is 0 Å². The van der Waals surface area contributed by atoms with Gasteiger partial charge in [-0.15, -0.1) is 0 Å². The van der Waals surface area contributed by atoms with Gasteiger partial charge in [-0.05, 0) is 55.5 Å². The number of rotatable bonds is 3. The maximum absolute atomic E-state index is 9.43. The van der Waals surface area contributed by atoms with Gasteiger partial charge in [0.1, 0.15) is 5.75 Å². The van der Waals surface area contributed by atoms with E-state index in [0.717, 1.165) is 13.0 Å². The Kier molecular flexibility index (Phi) is 3.27. The van der Waals surface area contributed by atoms with Crippen LogP contribution in [0.2, 0.25) is 0 Å². The molecule has 2 heteroatoms. The first kappa shape index (κ1) is 10.5. The number of phenolic OH excluding ortho intramolecular Hbond substituents is 1. The minimum Gasteiger partial charge on any atom is -0.508 e. The summed E-state index contributed by atoms with van der Waals surface area (Å²) in [6.45, 7) is 3.26. The van der Waals surface area contributed by atoms with E-state index in [9.17, 15) is 5.11 Å². The Hall–Kier alpha value is -1.02. The van der Waals surface area contributed by atoms with Crippen LogP contribution in [0.5, 0.6) is 5.75 Å². The standard InChI is InChI=1S/C13H19NO/c1-2-8-14-13-5-3-4-10-9-11(15)6-7-12(10)13/h6-7,9,13-15H,2-5,8H2,1H3. The van der Waals surface area contributed by atoms with Gasteiger partial charge in [0.15, 0.2) is 0 Å². The summed E-state index contributed by atoms with van der Waals surface area (Å²) in [6.07, 6.45) is 4.72. The van der Waals surface area contributed by atoms with Crippen molar-refractivity contribution >= 4 is 0 Å². The summed E-state index contributed by atoms with van der Waals surface area (Å²) in [5, 5.41) is 13.0. The van der Waals surface area contributed by atoms with Gasteiger partial charge in [-0.2, -0.15) is 0 Å². The summed E-state index contributed by atoms with van der Waals surface area (Å²) in [5.74, 6) is 0.393. The highest BCUT2D eigenvalue weighted by atomic mass is 16.3. The number of nitrogens with one attached hydrogen (secondary N) is 1. The maximum atomic E-state index is 9.43. The van der Waals surface area contributed by atoms with Crippen molar-refractivity contribution in [3.05, 3.63) is 29.3 Å². The first-order valence-corrected chi connectivity index (χ1v) is 5.86.